The number of Topliss-reactive ketones (excluding diaryl/α,β-unsaturated/α-hetero) is 1. The Hall–Kier alpha value is -2.34. The quantitative estimate of drug-likeness (QED) is 0.757. The van der Waals surface area contributed by atoms with E-state index in [1.54, 1.807) is 0 Å². The van der Waals surface area contributed by atoms with Gasteiger partial charge < -0.3 is 9.47 Å². The molecule has 0 aliphatic carbocycles. The molecular weight excluding hydrogens is 297 g/mol. The Morgan fingerprint density at radius 3 is 2.18 bits per heavy atom. The van der Waals surface area contributed by atoms with Crippen molar-refractivity contribution in [2.24, 2.45) is 0 Å². The molecule has 0 aliphatic rings. The summed E-state index contributed by atoms with van der Waals surface area (Å²) < 4.78 is 45.1. The predicted molar refractivity (Wildman–Crippen MR) is 73.6 cm³/mol. The van der Waals surface area contributed by atoms with Crippen LogP contribution in [0.3, 0.4) is 0 Å². The molecule has 0 spiro atoms. The van der Waals surface area contributed by atoms with Gasteiger partial charge in [-0.3, -0.25) is 4.79 Å². The summed E-state index contributed by atoms with van der Waals surface area (Å²) in [6.45, 7) is 0.149. The van der Waals surface area contributed by atoms with Crippen molar-refractivity contribution in [3.05, 3.63) is 65.7 Å². The lowest BCUT2D eigenvalue weighted by Crippen LogP contribution is -2.17. The monoisotopic (exact) mass is 310 g/mol. The van der Waals surface area contributed by atoms with Gasteiger partial charge in [-0.15, -0.1) is 13.2 Å². The smallest absolute Gasteiger partial charge is 0.406 e. The molecule has 6 heteroatoms. The summed E-state index contributed by atoms with van der Waals surface area (Å²) in [6, 6.07) is 14.1. The van der Waals surface area contributed by atoms with Gasteiger partial charge in [-0.2, -0.15) is 0 Å². The predicted octanol–water partition coefficient (Wildman–Crippen LogP) is 3.98. The molecule has 2 aromatic rings. The van der Waals surface area contributed by atoms with Crippen LogP contribution < -0.4 is 4.74 Å². The standard InChI is InChI=1S/C16H13F3O3/c17-16(18,19)22-14-8-6-13(7-9-14)15(20)11-21-10-12-4-2-1-3-5-12/h1-9H,10-11H2. The van der Waals surface area contributed by atoms with Gasteiger partial charge in [0, 0.05) is 5.56 Å². The fourth-order valence-corrected chi connectivity index (χ4v) is 1.76. The first-order valence-electron chi connectivity index (χ1n) is 6.45. The molecular formula is C16H13F3O3. The molecule has 0 radical (unpaired) electrons. The molecule has 0 atom stereocenters. The molecule has 0 fully saturated rings. The number of rotatable bonds is 6. The molecule has 0 saturated carbocycles. The van der Waals surface area contributed by atoms with Gasteiger partial charge in [-0.25, -0.2) is 0 Å². The van der Waals surface area contributed by atoms with Crippen LogP contribution >= 0.6 is 0 Å². The van der Waals surface area contributed by atoms with E-state index in [4.69, 9.17) is 4.74 Å². The second-order valence-corrected chi connectivity index (χ2v) is 4.47. The van der Waals surface area contributed by atoms with E-state index in [2.05, 4.69) is 4.74 Å². The lowest BCUT2D eigenvalue weighted by atomic mass is 10.1. The molecule has 0 aliphatic heterocycles. The van der Waals surface area contributed by atoms with Crippen molar-refractivity contribution in [3.63, 3.8) is 0 Å². The molecule has 3 nitrogen and oxygen atoms in total. The van der Waals surface area contributed by atoms with Crippen LogP contribution in [0.5, 0.6) is 5.75 Å². The maximum absolute atomic E-state index is 12.0. The number of ether oxygens (including phenoxy) is 2. The number of alkyl halides is 3. The molecule has 0 aromatic heterocycles. The van der Waals surface area contributed by atoms with Crippen LogP contribution in [0.1, 0.15) is 15.9 Å². The number of carbonyl (C=O) groups is 1. The van der Waals surface area contributed by atoms with Gasteiger partial charge >= 0.3 is 6.36 Å². The topological polar surface area (TPSA) is 35.5 Å². The van der Waals surface area contributed by atoms with Crippen molar-refractivity contribution < 1.29 is 27.4 Å². The van der Waals surface area contributed by atoms with E-state index in [0.717, 1.165) is 17.7 Å². The van der Waals surface area contributed by atoms with Crippen molar-refractivity contribution in [2.45, 2.75) is 13.0 Å². The minimum Gasteiger partial charge on any atom is -0.406 e. The van der Waals surface area contributed by atoms with E-state index in [1.807, 2.05) is 30.3 Å². The Morgan fingerprint density at radius 2 is 1.59 bits per heavy atom. The van der Waals surface area contributed by atoms with Gasteiger partial charge in [0.05, 0.1) is 6.61 Å². The summed E-state index contributed by atoms with van der Waals surface area (Å²) in [5.74, 6) is -0.677. The number of carbonyl (C=O) groups excluding carboxylic acids is 1. The first-order chi connectivity index (χ1) is 10.4. The van der Waals surface area contributed by atoms with E-state index < -0.39 is 6.36 Å². The molecule has 0 unspecified atom stereocenters. The SMILES string of the molecule is O=C(COCc1ccccc1)c1ccc(OC(F)(F)F)cc1. The third-order valence-electron chi connectivity index (χ3n) is 2.75. The van der Waals surface area contributed by atoms with E-state index in [0.29, 0.717) is 6.61 Å². The molecule has 0 amide bonds. The molecule has 0 bridgehead atoms. The summed E-state index contributed by atoms with van der Waals surface area (Å²) in [7, 11) is 0. The van der Waals surface area contributed by atoms with Crippen LogP contribution in [0.2, 0.25) is 0 Å². The van der Waals surface area contributed by atoms with Gasteiger partial charge in [0.2, 0.25) is 0 Å². The highest BCUT2D eigenvalue weighted by molar-refractivity contribution is 5.97. The fraction of sp³-hybridized carbons (Fsp3) is 0.188. The van der Waals surface area contributed by atoms with Gasteiger partial charge in [0.15, 0.2) is 5.78 Å². The Kier molecular flexibility index (Phi) is 5.16. The molecule has 22 heavy (non-hydrogen) atoms. The second kappa shape index (κ2) is 7.09. The highest BCUT2D eigenvalue weighted by atomic mass is 19.4. The van der Waals surface area contributed by atoms with Crippen molar-refractivity contribution in [1.82, 2.24) is 0 Å². The summed E-state index contributed by atoms with van der Waals surface area (Å²) in [6.07, 6.45) is -4.75. The minimum atomic E-state index is -4.75. The molecule has 116 valence electrons. The van der Waals surface area contributed by atoms with Crippen LogP contribution in [-0.4, -0.2) is 18.8 Å². The summed E-state index contributed by atoms with van der Waals surface area (Å²) in [5, 5.41) is 0. The minimum absolute atomic E-state index is 0.144. The van der Waals surface area contributed by atoms with Crippen molar-refractivity contribution in [3.8, 4) is 5.75 Å². The van der Waals surface area contributed by atoms with E-state index in [1.165, 1.54) is 12.1 Å². The van der Waals surface area contributed by atoms with E-state index >= 15 is 0 Å². The lowest BCUT2D eigenvalue weighted by molar-refractivity contribution is -0.274. The Labute approximate surface area is 125 Å². The largest absolute Gasteiger partial charge is 0.573 e. The van der Waals surface area contributed by atoms with E-state index in [-0.39, 0.29) is 23.7 Å². The lowest BCUT2D eigenvalue weighted by Gasteiger charge is -2.09. The molecule has 0 N–H and O–H groups in total. The zero-order chi connectivity index (χ0) is 16.0. The molecule has 0 saturated heterocycles. The van der Waals surface area contributed by atoms with Crippen LogP contribution in [0.15, 0.2) is 54.6 Å². The molecule has 2 rings (SSSR count). The zero-order valence-corrected chi connectivity index (χ0v) is 11.5. The number of ketones is 1. The van der Waals surface area contributed by atoms with Crippen molar-refractivity contribution >= 4 is 5.78 Å². The van der Waals surface area contributed by atoms with Crippen molar-refractivity contribution in [1.29, 1.82) is 0 Å². The van der Waals surface area contributed by atoms with Gasteiger partial charge in [0.25, 0.3) is 0 Å². The molecule has 2 aromatic carbocycles. The van der Waals surface area contributed by atoms with Crippen LogP contribution in [0.4, 0.5) is 13.2 Å². The zero-order valence-electron chi connectivity index (χ0n) is 11.5. The first kappa shape index (κ1) is 16.0. The normalized spacial score (nSPS) is 11.2. The van der Waals surface area contributed by atoms with Gasteiger partial charge in [-0.05, 0) is 29.8 Å². The highest BCUT2D eigenvalue weighted by Crippen LogP contribution is 2.22. The summed E-state index contributed by atoms with van der Waals surface area (Å²) in [4.78, 5) is 11.8. The Morgan fingerprint density at radius 1 is 0.955 bits per heavy atom. The van der Waals surface area contributed by atoms with Gasteiger partial charge in [0.1, 0.15) is 12.4 Å². The van der Waals surface area contributed by atoms with E-state index in [9.17, 15) is 18.0 Å². The maximum Gasteiger partial charge on any atom is 0.573 e. The number of hydrogen-bond donors (Lipinski definition) is 0. The number of hydrogen-bond acceptors (Lipinski definition) is 3. The first-order valence-corrected chi connectivity index (χ1v) is 6.45. The van der Waals surface area contributed by atoms with Crippen LogP contribution in [0.25, 0.3) is 0 Å². The van der Waals surface area contributed by atoms with Crippen LogP contribution in [0, 0.1) is 0 Å². The number of halogens is 3. The fourth-order valence-electron chi connectivity index (χ4n) is 1.76. The summed E-state index contributed by atoms with van der Waals surface area (Å²) in [5.41, 5.74) is 1.20. The van der Waals surface area contributed by atoms with Crippen LogP contribution in [-0.2, 0) is 11.3 Å². The average molecular weight is 310 g/mol. The second-order valence-electron chi connectivity index (χ2n) is 4.47. The van der Waals surface area contributed by atoms with Gasteiger partial charge in [-0.1, -0.05) is 30.3 Å². The average Bonchev–Trinajstić information content (AvgIpc) is 2.47. The van der Waals surface area contributed by atoms with Crippen molar-refractivity contribution in [2.75, 3.05) is 6.61 Å². The maximum atomic E-state index is 12.0. The molecule has 0 heterocycles. The summed E-state index contributed by atoms with van der Waals surface area (Å²) >= 11 is 0. The highest BCUT2D eigenvalue weighted by Gasteiger charge is 2.31. The Bertz CT molecular complexity index is 607. The third-order valence-corrected chi connectivity index (χ3v) is 2.75. The Balaban J connectivity index is 1.85. The number of benzene rings is 2. The third kappa shape index (κ3) is 5.21.